The van der Waals surface area contributed by atoms with Crippen LogP contribution < -0.4 is 9.46 Å². The first-order chi connectivity index (χ1) is 16.3. The molecular formula is C23H29ClF3N3O4S. The molecule has 1 aromatic heterocycles. The number of rotatable bonds is 12. The number of amides is 1. The standard InChI is InChI=1S/C23H29ClF3N3O4S/c1-4-5-11-34-22-14-19(8-9-21(31)29-35(32,33)12-10-16(2)3)30(28-22)15-17-6-7-18(13-20(17)24)23(25,26)27/h6-9,13-14,16H,4-5,10-12,15H2,1-3H3,(H,29,31)/b9-8+. The van der Waals surface area contributed by atoms with Gasteiger partial charge in [0.2, 0.25) is 15.9 Å². The number of benzene rings is 1. The molecule has 35 heavy (non-hydrogen) atoms. The molecule has 0 aliphatic carbocycles. The number of hydrogen-bond acceptors (Lipinski definition) is 5. The molecule has 0 saturated carbocycles. The molecule has 0 fully saturated rings. The molecule has 2 rings (SSSR count). The summed E-state index contributed by atoms with van der Waals surface area (Å²) < 4.78 is 71.9. The van der Waals surface area contributed by atoms with E-state index in [2.05, 4.69) is 5.10 Å². The molecule has 1 aromatic carbocycles. The quantitative estimate of drug-likeness (QED) is 0.295. The number of aromatic nitrogens is 2. The Hall–Kier alpha value is -2.53. The number of nitrogens with one attached hydrogen (secondary N) is 1. The maximum atomic E-state index is 12.9. The van der Waals surface area contributed by atoms with Crippen LogP contribution in [0.1, 0.15) is 56.9 Å². The summed E-state index contributed by atoms with van der Waals surface area (Å²) in [6.45, 7) is 6.16. The van der Waals surface area contributed by atoms with Crippen molar-refractivity contribution < 1.29 is 31.1 Å². The molecule has 1 amide bonds. The zero-order valence-corrected chi connectivity index (χ0v) is 21.3. The molecule has 0 aliphatic heterocycles. The predicted molar refractivity (Wildman–Crippen MR) is 129 cm³/mol. The average molecular weight is 536 g/mol. The fourth-order valence-corrected chi connectivity index (χ4v) is 4.36. The van der Waals surface area contributed by atoms with E-state index in [0.717, 1.165) is 31.1 Å². The second-order valence-corrected chi connectivity index (χ2v) is 10.6. The minimum atomic E-state index is -4.52. The lowest BCUT2D eigenvalue weighted by molar-refractivity contribution is -0.137. The molecule has 12 heteroatoms. The van der Waals surface area contributed by atoms with Crippen molar-refractivity contribution >= 4 is 33.6 Å². The maximum absolute atomic E-state index is 12.9. The smallest absolute Gasteiger partial charge is 0.416 e. The zero-order valence-electron chi connectivity index (χ0n) is 19.7. The number of carbonyl (C=O) groups excluding carboxylic acids is 1. The van der Waals surface area contributed by atoms with Gasteiger partial charge in [-0.1, -0.05) is 44.9 Å². The summed E-state index contributed by atoms with van der Waals surface area (Å²) in [4.78, 5) is 12.2. The van der Waals surface area contributed by atoms with Gasteiger partial charge in [-0.2, -0.15) is 13.2 Å². The van der Waals surface area contributed by atoms with E-state index < -0.39 is 27.7 Å². The molecule has 0 bridgehead atoms. The van der Waals surface area contributed by atoms with Crippen LogP contribution in [-0.2, 0) is 27.5 Å². The molecule has 2 aromatic rings. The van der Waals surface area contributed by atoms with Crippen molar-refractivity contribution in [2.24, 2.45) is 5.92 Å². The van der Waals surface area contributed by atoms with Gasteiger partial charge in [0.05, 0.1) is 30.2 Å². The van der Waals surface area contributed by atoms with E-state index >= 15 is 0 Å². The largest absolute Gasteiger partial charge is 0.477 e. The first-order valence-electron chi connectivity index (χ1n) is 11.1. The number of sulfonamides is 1. The first-order valence-corrected chi connectivity index (χ1v) is 13.1. The van der Waals surface area contributed by atoms with Crippen LogP contribution in [0.15, 0.2) is 30.3 Å². The zero-order chi connectivity index (χ0) is 26.2. The number of ether oxygens (including phenoxy) is 1. The minimum absolute atomic E-state index is 0.00207. The van der Waals surface area contributed by atoms with Crippen LogP contribution in [0.2, 0.25) is 5.02 Å². The topological polar surface area (TPSA) is 90.3 Å². The molecule has 0 spiro atoms. The summed E-state index contributed by atoms with van der Waals surface area (Å²) >= 11 is 6.08. The Balaban J connectivity index is 2.24. The van der Waals surface area contributed by atoms with Crippen LogP contribution >= 0.6 is 11.6 Å². The molecule has 0 saturated heterocycles. The molecule has 7 nitrogen and oxygen atoms in total. The normalized spacial score (nSPS) is 12.5. The van der Waals surface area contributed by atoms with Crippen molar-refractivity contribution in [1.82, 2.24) is 14.5 Å². The molecule has 1 heterocycles. The lowest BCUT2D eigenvalue weighted by atomic mass is 10.1. The van der Waals surface area contributed by atoms with Crippen molar-refractivity contribution in [2.75, 3.05) is 12.4 Å². The summed E-state index contributed by atoms with van der Waals surface area (Å²) in [5.41, 5.74) is -0.119. The number of hydrogen-bond donors (Lipinski definition) is 1. The van der Waals surface area contributed by atoms with Crippen LogP contribution in [0.5, 0.6) is 5.88 Å². The Morgan fingerprint density at radius 1 is 1.29 bits per heavy atom. The Bertz CT molecular complexity index is 1150. The van der Waals surface area contributed by atoms with Gasteiger partial charge in [0, 0.05) is 17.2 Å². The Morgan fingerprint density at radius 2 is 2.00 bits per heavy atom. The third-order valence-corrected chi connectivity index (χ3v) is 6.50. The molecule has 0 unspecified atom stereocenters. The van der Waals surface area contributed by atoms with Gasteiger partial charge in [-0.25, -0.2) is 13.1 Å². The van der Waals surface area contributed by atoms with Gasteiger partial charge in [0.25, 0.3) is 5.91 Å². The van der Waals surface area contributed by atoms with E-state index in [-0.39, 0.29) is 29.1 Å². The van der Waals surface area contributed by atoms with Crippen molar-refractivity contribution in [3.8, 4) is 5.88 Å². The molecule has 0 aliphatic rings. The van der Waals surface area contributed by atoms with Gasteiger partial charge >= 0.3 is 6.18 Å². The molecule has 0 atom stereocenters. The monoisotopic (exact) mass is 535 g/mol. The highest BCUT2D eigenvalue weighted by molar-refractivity contribution is 7.90. The second kappa shape index (κ2) is 12.4. The van der Waals surface area contributed by atoms with Crippen LogP contribution in [-0.4, -0.2) is 36.5 Å². The second-order valence-electron chi connectivity index (χ2n) is 8.37. The van der Waals surface area contributed by atoms with E-state index in [1.165, 1.54) is 16.8 Å². The van der Waals surface area contributed by atoms with E-state index in [9.17, 15) is 26.4 Å². The highest BCUT2D eigenvalue weighted by atomic mass is 35.5. The third-order valence-electron chi connectivity index (χ3n) is 4.86. The average Bonchev–Trinajstić information content (AvgIpc) is 3.13. The Morgan fingerprint density at radius 3 is 2.60 bits per heavy atom. The SMILES string of the molecule is CCCCOc1cc(/C=C/C(=O)NS(=O)(=O)CCC(C)C)n(Cc2ccc(C(F)(F)F)cc2Cl)n1. The summed E-state index contributed by atoms with van der Waals surface area (Å²) in [7, 11) is -3.78. The van der Waals surface area contributed by atoms with Gasteiger partial charge in [-0.15, -0.1) is 5.10 Å². The number of carbonyl (C=O) groups is 1. The molecule has 1 N–H and O–H groups in total. The number of halogens is 4. The molecule has 194 valence electrons. The molecular weight excluding hydrogens is 507 g/mol. The summed E-state index contributed by atoms with van der Waals surface area (Å²) in [6.07, 6.45) is -0.0224. The van der Waals surface area contributed by atoms with E-state index in [1.54, 1.807) is 6.07 Å². The van der Waals surface area contributed by atoms with Crippen LogP contribution in [0, 0.1) is 5.92 Å². The van der Waals surface area contributed by atoms with Crippen molar-refractivity contribution in [3.05, 3.63) is 52.2 Å². The summed E-state index contributed by atoms with van der Waals surface area (Å²) in [5, 5.41) is 4.21. The fraction of sp³-hybridized carbons (Fsp3) is 0.478. The Labute approximate surface area is 208 Å². The molecule has 0 radical (unpaired) electrons. The van der Waals surface area contributed by atoms with Gasteiger partial charge < -0.3 is 4.74 Å². The first kappa shape index (κ1) is 28.7. The van der Waals surface area contributed by atoms with Crippen molar-refractivity contribution in [3.63, 3.8) is 0 Å². The maximum Gasteiger partial charge on any atom is 0.416 e. The summed E-state index contributed by atoms with van der Waals surface area (Å²) in [6, 6.07) is 4.56. The Kier molecular flexibility index (Phi) is 10.2. The third kappa shape index (κ3) is 9.56. The van der Waals surface area contributed by atoms with Crippen LogP contribution in [0.3, 0.4) is 0 Å². The highest BCUT2D eigenvalue weighted by Gasteiger charge is 2.31. The lowest BCUT2D eigenvalue weighted by Gasteiger charge is -2.11. The highest BCUT2D eigenvalue weighted by Crippen LogP contribution is 2.32. The van der Waals surface area contributed by atoms with Gasteiger partial charge in [-0.3, -0.25) is 9.48 Å². The van der Waals surface area contributed by atoms with Crippen molar-refractivity contribution in [1.29, 1.82) is 0 Å². The van der Waals surface area contributed by atoms with E-state index in [0.29, 0.717) is 24.3 Å². The van der Waals surface area contributed by atoms with Crippen LogP contribution in [0.4, 0.5) is 13.2 Å². The van der Waals surface area contributed by atoms with E-state index in [1.807, 2.05) is 25.5 Å². The fourth-order valence-electron chi connectivity index (χ4n) is 2.86. The lowest BCUT2D eigenvalue weighted by Crippen LogP contribution is -2.31. The van der Waals surface area contributed by atoms with Gasteiger partial charge in [0.1, 0.15) is 0 Å². The number of unbranched alkanes of at least 4 members (excludes halogenated alkanes) is 1. The minimum Gasteiger partial charge on any atom is -0.477 e. The van der Waals surface area contributed by atoms with Gasteiger partial charge in [-0.05, 0) is 42.5 Å². The predicted octanol–water partition coefficient (Wildman–Crippen LogP) is 5.29. The van der Waals surface area contributed by atoms with Crippen molar-refractivity contribution in [2.45, 2.75) is 52.8 Å². The van der Waals surface area contributed by atoms with E-state index in [4.69, 9.17) is 16.3 Å². The summed E-state index contributed by atoms with van der Waals surface area (Å²) in [5.74, 6) is -0.590. The number of alkyl halides is 3. The van der Waals surface area contributed by atoms with Crippen LogP contribution in [0.25, 0.3) is 6.08 Å². The van der Waals surface area contributed by atoms with Gasteiger partial charge in [0.15, 0.2) is 0 Å². The number of nitrogens with zero attached hydrogens (tertiary/aromatic N) is 2.